The largest absolute Gasteiger partial charge is 0.616 e. The Labute approximate surface area is 271 Å². The first-order valence-corrected chi connectivity index (χ1v) is 17.0. The second kappa shape index (κ2) is 15.2. The van der Waals surface area contributed by atoms with Crippen LogP contribution >= 0.6 is 11.8 Å². The lowest BCUT2D eigenvalue weighted by Gasteiger charge is -2.25. The molecule has 3 unspecified atom stereocenters. The van der Waals surface area contributed by atoms with E-state index in [1.54, 1.807) is 43.4 Å². The highest BCUT2D eigenvalue weighted by molar-refractivity contribution is 8.01. The van der Waals surface area contributed by atoms with Gasteiger partial charge in [0.1, 0.15) is 29.2 Å². The first-order chi connectivity index (χ1) is 21.9. The second-order valence-electron chi connectivity index (χ2n) is 10.5. The van der Waals surface area contributed by atoms with Gasteiger partial charge in [0, 0.05) is 24.1 Å². The third-order valence-electron chi connectivity index (χ3n) is 7.54. The molecule has 4 aromatic carbocycles. The number of ether oxygens (including phenoxy) is 3. The molecular formula is C35H36N2O6S2. The summed E-state index contributed by atoms with van der Waals surface area (Å²) in [5.41, 5.74) is 9.46. The van der Waals surface area contributed by atoms with Crippen molar-refractivity contribution in [3.05, 3.63) is 119 Å². The topological polar surface area (TPSA) is 114 Å². The maximum atomic E-state index is 13.9. The third-order valence-corrected chi connectivity index (χ3v) is 10.4. The Balaban J connectivity index is 1.27. The molecular weight excluding hydrogens is 609 g/mol. The van der Waals surface area contributed by atoms with Crippen LogP contribution in [0.2, 0.25) is 0 Å². The van der Waals surface area contributed by atoms with Gasteiger partial charge < -0.3 is 24.5 Å². The Hall–Kier alpha value is -4.12. The number of nitrogens with zero attached hydrogens (tertiary/aromatic N) is 1. The van der Waals surface area contributed by atoms with Crippen LogP contribution in [0.5, 0.6) is 17.2 Å². The van der Waals surface area contributed by atoms with Crippen molar-refractivity contribution >= 4 is 40.4 Å². The summed E-state index contributed by atoms with van der Waals surface area (Å²) in [5.74, 6) is 2.22. The van der Waals surface area contributed by atoms with Gasteiger partial charge in [-0.2, -0.15) is 0 Å². The molecule has 10 heteroatoms. The van der Waals surface area contributed by atoms with E-state index in [0.717, 1.165) is 22.4 Å². The Morgan fingerprint density at radius 3 is 2.36 bits per heavy atom. The van der Waals surface area contributed by atoms with Crippen molar-refractivity contribution in [2.75, 3.05) is 30.6 Å². The van der Waals surface area contributed by atoms with Gasteiger partial charge in [-0.25, -0.2) is 0 Å². The number of aryl methyl sites for hydroxylation is 1. The Kier molecular flexibility index (Phi) is 10.9. The number of thioether (sulfide) groups is 1. The van der Waals surface area contributed by atoms with Gasteiger partial charge in [0.15, 0.2) is 11.5 Å². The summed E-state index contributed by atoms with van der Waals surface area (Å²) < 4.78 is 29.7. The minimum absolute atomic E-state index is 0.0899. The van der Waals surface area contributed by atoms with Crippen LogP contribution in [-0.4, -0.2) is 47.3 Å². The number of benzene rings is 4. The van der Waals surface area contributed by atoms with Crippen molar-refractivity contribution in [2.45, 2.75) is 30.1 Å². The lowest BCUT2D eigenvalue weighted by Crippen LogP contribution is -2.32. The lowest BCUT2D eigenvalue weighted by molar-refractivity contribution is -0.117. The minimum Gasteiger partial charge on any atom is -0.616 e. The summed E-state index contributed by atoms with van der Waals surface area (Å²) in [7, 11) is 3.18. The third kappa shape index (κ3) is 8.13. The fourth-order valence-corrected chi connectivity index (χ4v) is 7.89. The smallest absolute Gasteiger partial charge is 0.248 e. The average molecular weight is 645 g/mol. The molecule has 8 nitrogen and oxygen atoms in total. The number of rotatable bonds is 14. The highest BCUT2D eigenvalue weighted by atomic mass is 32.2. The Bertz CT molecular complexity index is 1600. The molecule has 4 aromatic rings. The standard InChI is InChI=1S/C35H36N2O6S2/c1-41-30-16-11-24(21-31(30)42-2)17-19-45(40)20-18-32-34(39)37(28-10-6-9-27(22-28)33(36)38)35(44-32)26-12-14-29(15-13-26)43-23-25-7-4-3-5-8-25/h3-16,21-22,32,35H,17-20,23H2,1-2H3,(H2,36,38). The summed E-state index contributed by atoms with van der Waals surface area (Å²) in [6.07, 6.45) is 1.08. The van der Waals surface area contributed by atoms with Gasteiger partial charge in [0.2, 0.25) is 11.8 Å². The first-order valence-electron chi connectivity index (χ1n) is 14.6. The van der Waals surface area contributed by atoms with Crippen molar-refractivity contribution in [1.82, 2.24) is 0 Å². The van der Waals surface area contributed by atoms with E-state index in [2.05, 4.69) is 0 Å². The molecule has 0 radical (unpaired) electrons. The van der Waals surface area contributed by atoms with Crippen LogP contribution in [0.3, 0.4) is 0 Å². The summed E-state index contributed by atoms with van der Waals surface area (Å²) in [6, 6.07) is 30.1. The van der Waals surface area contributed by atoms with Crippen LogP contribution in [0, 0.1) is 0 Å². The van der Waals surface area contributed by atoms with Gasteiger partial charge in [-0.1, -0.05) is 65.8 Å². The fraction of sp³-hybridized carbons (Fsp3) is 0.257. The number of amides is 2. The van der Waals surface area contributed by atoms with Crippen molar-refractivity contribution in [3.63, 3.8) is 0 Å². The van der Waals surface area contributed by atoms with E-state index in [9.17, 15) is 14.1 Å². The van der Waals surface area contributed by atoms with Gasteiger partial charge in [-0.05, 0) is 59.2 Å². The Morgan fingerprint density at radius 1 is 0.889 bits per heavy atom. The summed E-state index contributed by atoms with van der Waals surface area (Å²) in [5, 5.41) is -0.736. The monoisotopic (exact) mass is 644 g/mol. The number of anilines is 1. The quantitative estimate of drug-likeness (QED) is 0.170. The summed E-state index contributed by atoms with van der Waals surface area (Å²) in [6.45, 7) is 0.452. The molecule has 1 aliphatic rings. The SMILES string of the molecule is COc1ccc(CC[S+]([O-])CCC2SC(c3ccc(OCc4ccccc4)cc3)N(c3cccc(C(N)=O)c3)C2=O)cc1OC. The number of hydrogen-bond acceptors (Lipinski definition) is 7. The normalized spacial score (nSPS) is 16.8. The van der Waals surface area contributed by atoms with E-state index >= 15 is 0 Å². The molecule has 2 amide bonds. The predicted molar refractivity (Wildman–Crippen MR) is 180 cm³/mol. The van der Waals surface area contributed by atoms with E-state index in [1.807, 2.05) is 72.8 Å². The second-order valence-corrected chi connectivity index (χ2v) is 13.5. The average Bonchev–Trinajstić information content (AvgIpc) is 3.41. The molecule has 0 aromatic heterocycles. The van der Waals surface area contributed by atoms with Crippen molar-refractivity contribution in [2.24, 2.45) is 5.73 Å². The van der Waals surface area contributed by atoms with Crippen LogP contribution in [0.15, 0.2) is 97.1 Å². The maximum Gasteiger partial charge on any atom is 0.248 e. The molecule has 234 valence electrons. The molecule has 0 saturated carbocycles. The maximum absolute atomic E-state index is 13.9. The molecule has 0 bridgehead atoms. The first kappa shape index (κ1) is 32.3. The molecule has 0 spiro atoms. The van der Waals surface area contributed by atoms with Gasteiger partial charge in [0.25, 0.3) is 0 Å². The molecule has 1 fully saturated rings. The van der Waals surface area contributed by atoms with Gasteiger partial charge in [-0.3, -0.25) is 14.5 Å². The van der Waals surface area contributed by atoms with Gasteiger partial charge in [-0.15, -0.1) is 11.8 Å². The summed E-state index contributed by atoms with van der Waals surface area (Å²) in [4.78, 5) is 27.5. The Morgan fingerprint density at radius 2 is 1.64 bits per heavy atom. The van der Waals surface area contributed by atoms with E-state index in [-0.39, 0.29) is 11.3 Å². The number of hydrogen-bond donors (Lipinski definition) is 1. The molecule has 2 N–H and O–H groups in total. The zero-order valence-corrected chi connectivity index (χ0v) is 26.9. The molecule has 1 heterocycles. The fourth-order valence-electron chi connectivity index (χ4n) is 5.11. The van der Waals surface area contributed by atoms with E-state index in [0.29, 0.717) is 53.7 Å². The molecule has 45 heavy (non-hydrogen) atoms. The molecule has 3 atom stereocenters. The van der Waals surface area contributed by atoms with Crippen LogP contribution in [0.25, 0.3) is 0 Å². The van der Waals surface area contributed by atoms with Crippen molar-refractivity contribution < 1.29 is 28.4 Å². The number of methoxy groups -OCH3 is 2. The lowest BCUT2D eigenvalue weighted by atomic mass is 10.1. The number of carbonyl (C=O) groups is 2. The van der Waals surface area contributed by atoms with Crippen LogP contribution in [0.1, 0.15) is 38.8 Å². The van der Waals surface area contributed by atoms with E-state index in [1.165, 1.54) is 11.8 Å². The van der Waals surface area contributed by atoms with Crippen LogP contribution < -0.4 is 24.8 Å². The highest BCUT2D eigenvalue weighted by Gasteiger charge is 2.42. The number of primary amides is 1. The zero-order valence-electron chi connectivity index (χ0n) is 25.2. The van der Waals surface area contributed by atoms with Gasteiger partial charge >= 0.3 is 0 Å². The van der Waals surface area contributed by atoms with E-state index < -0.39 is 22.3 Å². The minimum atomic E-state index is -1.12. The summed E-state index contributed by atoms with van der Waals surface area (Å²) >= 11 is 0.401. The molecule has 5 rings (SSSR count). The molecule has 0 aliphatic carbocycles. The number of carbonyl (C=O) groups excluding carboxylic acids is 2. The molecule has 1 aliphatic heterocycles. The van der Waals surface area contributed by atoms with Crippen molar-refractivity contribution in [3.8, 4) is 17.2 Å². The van der Waals surface area contributed by atoms with Crippen molar-refractivity contribution in [1.29, 1.82) is 0 Å². The zero-order chi connectivity index (χ0) is 31.8. The van der Waals surface area contributed by atoms with E-state index in [4.69, 9.17) is 19.9 Å². The predicted octanol–water partition coefficient (Wildman–Crippen LogP) is 5.91. The van der Waals surface area contributed by atoms with Crippen LogP contribution in [-0.2, 0) is 29.0 Å². The number of nitrogens with two attached hydrogens (primary N) is 1. The molecule has 1 saturated heterocycles. The highest BCUT2D eigenvalue weighted by Crippen LogP contribution is 2.47. The van der Waals surface area contributed by atoms with Gasteiger partial charge in [0.05, 0.1) is 19.5 Å². The van der Waals surface area contributed by atoms with Crippen LogP contribution in [0.4, 0.5) is 5.69 Å².